The van der Waals surface area contributed by atoms with E-state index >= 15 is 0 Å². The molecule has 2 N–H and O–H groups in total. The molecule has 1 saturated carbocycles. The number of pyridine rings is 1. The van der Waals surface area contributed by atoms with Gasteiger partial charge in [-0.2, -0.15) is 5.10 Å². The number of hydrogen-bond acceptors (Lipinski definition) is 6. The molecule has 4 heterocycles. The third-order valence-corrected chi connectivity index (χ3v) is 8.96. The topological polar surface area (TPSA) is 139 Å². The lowest BCUT2D eigenvalue weighted by Gasteiger charge is -2.36. The van der Waals surface area contributed by atoms with Gasteiger partial charge >= 0.3 is 6.09 Å². The van der Waals surface area contributed by atoms with Gasteiger partial charge in [0.05, 0.1) is 17.3 Å². The third kappa shape index (κ3) is 4.12. The predicted octanol–water partition coefficient (Wildman–Crippen LogP) is 2.52. The molecular weight excluding hydrogens is 496 g/mol. The van der Waals surface area contributed by atoms with Gasteiger partial charge in [0.1, 0.15) is 10.9 Å². The highest BCUT2D eigenvalue weighted by molar-refractivity contribution is 7.92. The van der Waals surface area contributed by atoms with Crippen LogP contribution in [0.15, 0.2) is 60.0 Å². The Morgan fingerprint density at radius 3 is 2.59 bits per heavy atom. The van der Waals surface area contributed by atoms with Gasteiger partial charge in [-0.3, -0.25) is 9.20 Å². The number of carbonyl (C=O) groups is 2. The molecule has 0 bridgehead atoms. The molecule has 2 amide bonds. The number of amides is 2. The Balaban J connectivity index is 1.31. The second kappa shape index (κ2) is 8.44. The number of nitrogens with zero attached hydrogens (tertiary/aromatic N) is 5. The van der Waals surface area contributed by atoms with E-state index in [1.165, 1.54) is 12.3 Å². The van der Waals surface area contributed by atoms with Gasteiger partial charge < -0.3 is 15.3 Å². The summed E-state index contributed by atoms with van der Waals surface area (Å²) in [4.78, 5) is 29.1. The van der Waals surface area contributed by atoms with Gasteiger partial charge in [-0.1, -0.05) is 6.07 Å². The molecule has 12 heteroatoms. The summed E-state index contributed by atoms with van der Waals surface area (Å²) in [6.45, 7) is 1.87. The van der Waals surface area contributed by atoms with Gasteiger partial charge in [0.15, 0.2) is 15.7 Å². The van der Waals surface area contributed by atoms with E-state index in [0.29, 0.717) is 17.0 Å². The number of rotatable bonds is 6. The van der Waals surface area contributed by atoms with Crippen LogP contribution in [0.3, 0.4) is 0 Å². The van der Waals surface area contributed by atoms with Crippen LogP contribution in [-0.2, 0) is 9.84 Å². The maximum atomic E-state index is 13.1. The van der Waals surface area contributed by atoms with Gasteiger partial charge in [0, 0.05) is 42.7 Å². The van der Waals surface area contributed by atoms with Crippen LogP contribution < -0.4 is 5.32 Å². The van der Waals surface area contributed by atoms with Crippen molar-refractivity contribution in [2.24, 2.45) is 0 Å². The summed E-state index contributed by atoms with van der Waals surface area (Å²) >= 11 is 0. The highest BCUT2D eigenvalue weighted by atomic mass is 32.2. The maximum Gasteiger partial charge on any atom is 0.407 e. The first-order valence-electron chi connectivity index (χ1n) is 11.9. The average Bonchev–Trinajstić information content (AvgIpc) is 3.34. The van der Waals surface area contributed by atoms with Crippen LogP contribution in [0.2, 0.25) is 0 Å². The number of aromatic nitrogens is 4. The SMILES string of the molecule is Cc1ccc(C(=O)NC2CC2)cc1-c1cnn(-c2cnc3ccc(S(=O)(=O)C4CN(C(=O)O)C4)cn23)c1. The van der Waals surface area contributed by atoms with E-state index in [0.717, 1.165) is 34.4 Å². The molecule has 2 fully saturated rings. The van der Waals surface area contributed by atoms with Crippen LogP contribution in [0.1, 0.15) is 28.8 Å². The van der Waals surface area contributed by atoms with Crippen molar-refractivity contribution in [1.82, 2.24) is 29.4 Å². The van der Waals surface area contributed by atoms with E-state index in [1.54, 1.807) is 27.5 Å². The van der Waals surface area contributed by atoms with Crippen molar-refractivity contribution < 1.29 is 23.1 Å². The Bertz CT molecular complexity index is 1660. The Morgan fingerprint density at radius 1 is 1.08 bits per heavy atom. The minimum atomic E-state index is -3.72. The molecule has 1 aliphatic heterocycles. The van der Waals surface area contributed by atoms with Crippen molar-refractivity contribution in [3.8, 4) is 16.9 Å². The summed E-state index contributed by atoms with van der Waals surface area (Å²) in [6.07, 6.45) is 7.50. The summed E-state index contributed by atoms with van der Waals surface area (Å²) in [5, 5.41) is 15.7. The lowest BCUT2D eigenvalue weighted by Crippen LogP contribution is -2.56. The lowest BCUT2D eigenvalue weighted by atomic mass is 10.0. The maximum absolute atomic E-state index is 13.1. The van der Waals surface area contributed by atoms with Crippen LogP contribution >= 0.6 is 0 Å². The fourth-order valence-corrected chi connectivity index (χ4v) is 6.07. The van der Waals surface area contributed by atoms with Crippen molar-refractivity contribution in [3.63, 3.8) is 0 Å². The van der Waals surface area contributed by atoms with Crippen molar-refractivity contribution >= 4 is 27.5 Å². The average molecular weight is 521 g/mol. The molecule has 1 aliphatic carbocycles. The van der Waals surface area contributed by atoms with Gasteiger partial charge in [-0.25, -0.2) is 22.9 Å². The van der Waals surface area contributed by atoms with Gasteiger partial charge in [-0.05, 0) is 55.2 Å². The number of imidazole rings is 1. The van der Waals surface area contributed by atoms with Gasteiger partial charge in [0.25, 0.3) is 5.91 Å². The van der Waals surface area contributed by atoms with Crippen molar-refractivity contribution in [3.05, 3.63) is 66.2 Å². The number of benzene rings is 1. The van der Waals surface area contributed by atoms with E-state index in [9.17, 15) is 18.0 Å². The second-order valence-electron chi connectivity index (χ2n) is 9.51. The summed E-state index contributed by atoms with van der Waals surface area (Å²) < 4.78 is 29.4. The smallest absolute Gasteiger partial charge is 0.407 e. The molecule has 190 valence electrons. The Kier molecular flexibility index (Phi) is 5.30. The molecular formula is C25H24N6O5S. The molecule has 0 atom stereocenters. The molecule has 0 unspecified atom stereocenters. The zero-order chi connectivity index (χ0) is 25.9. The largest absolute Gasteiger partial charge is 0.465 e. The van der Waals surface area contributed by atoms with Crippen LogP contribution in [0.5, 0.6) is 0 Å². The predicted molar refractivity (Wildman–Crippen MR) is 134 cm³/mol. The molecule has 1 saturated heterocycles. The minimum absolute atomic E-state index is 0.0495. The number of carboxylic acid groups (broad SMARTS) is 1. The quantitative estimate of drug-likeness (QED) is 0.398. The van der Waals surface area contributed by atoms with Crippen molar-refractivity contribution in [2.45, 2.75) is 36.0 Å². The molecule has 4 aromatic rings. The number of likely N-dealkylation sites (tertiary alicyclic amines) is 1. The fourth-order valence-electron chi connectivity index (χ4n) is 4.43. The van der Waals surface area contributed by atoms with E-state index < -0.39 is 21.2 Å². The molecule has 1 aromatic carbocycles. The number of sulfone groups is 1. The highest BCUT2D eigenvalue weighted by Crippen LogP contribution is 2.28. The first kappa shape index (κ1) is 23.2. The Morgan fingerprint density at radius 2 is 1.86 bits per heavy atom. The number of fused-ring (bicyclic) bond motifs is 1. The standard InChI is InChI=1S/C25H24N6O5S/c1-15-2-3-16(24(32)28-18-4-5-18)8-21(15)17-9-27-31(11-17)23-10-26-22-7-6-19(14-30(22)23)37(35,36)20-12-29(13-20)25(33)34/h2-3,6-11,14,18,20H,4-5,12-13H2,1H3,(H,28,32)(H,33,34). The monoisotopic (exact) mass is 520 g/mol. The third-order valence-electron chi connectivity index (χ3n) is 6.89. The highest BCUT2D eigenvalue weighted by Gasteiger charge is 2.40. The molecule has 37 heavy (non-hydrogen) atoms. The summed E-state index contributed by atoms with van der Waals surface area (Å²) in [7, 11) is -3.72. The van der Waals surface area contributed by atoms with E-state index in [2.05, 4.69) is 15.4 Å². The molecule has 2 aliphatic rings. The normalized spacial score (nSPS) is 16.1. The zero-order valence-electron chi connectivity index (χ0n) is 19.9. The van der Waals surface area contributed by atoms with E-state index in [-0.39, 0.29) is 29.9 Å². The second-order valence-corrected chi connectivity index (χ2v) is 11.7. The fraction of sp³-hybridized carbons (Fsp3) is 0.280. The lowest BCUT2D eigenvalue weighted by molar-refractivity contribution is 0.0950. The Hall–Kier alpha value is -4.19. The summed E-state index contributed by atoms with van der Waals surface area (Å²) in [5.41, 5.74) is 3.80. The molecule has 0 spiro atoms. The van der Waals surface area contributed by atoms with Gasteiger partial charge in [-0.15, -0.1) is 0 Å². The number of nitrogens with one attached hydrogen (secondary N) is 1. The zero-order valence-corrected chi connectivity index (χ0v) is 20.7. The molecule has 3 aromatic heterocycles. The van der Waals surface area contributed by atoms with E-state index in [4.69, 9.17) is 5.11 Å². The molecule has 6 rings (SSSR count). The molecule has 0 radical (unpaired) electrons. The number of hydrogen-bond donors (Lipinski definition) is 2. The van der Waals surface area contributed by atoms with Crippen molar-refractivity contribution in [2.75, 3.05) is 13.1 Å². The summed E-state index contributed by atoms with van der Waals surface area (Å²) in [5.74, 6) is 0.448. The first-order chi connectivity index (χ1) is 17.7. The van der Waals surface area contributed by atoms with Crippen LogP contribution in [0.4, 0.5) is 4.79 Å². The number of aryl methyl sites for hydroxylation is 1. The van der Waals surface area contributed by atoms with Crippen LogP contribution in [0, 0.1) is 6.92 Å². The van der Waals surface area contributed by atoms with E-state index in [1.807, 2.05) is 31.3 Å². The van der Waals surface area contributed by atoms with Gasteiger partial charge in [0.2, 0.25) is 0 Å². The minimum Gasteiger partial charge on any atom is -0.465 e. The molecule has 11 nitrogen and oxygen atoms in total. The Labute approximate surface area is 212 Å². The van der Waals surface area contributed by atoms with Crippen LogP contribution in [-0.4, -0.2) is 74.0 Å². The first-order valence-corrected chi connectivity index (χ1v) is 13.4. The summed E-state index contributed by atoms with van der Waals surface area (Å²) in [6, 6.07) is 8.94. The van der Waals surface area contributed by atoms with Crippen LogP contribution in [0.25, 0.3) is 22.6 Å². The number of carbonyl (C=O) groups excluding carboxylic acids is 1. The van der Waals surface area contributed by atoms with Crippen molar-refractivity contribution in [1.29, 1.82) is 0 Å².